The second kappa shape index (κ2) is 22.2. The first-order valence-corrected chi connectivity index (χ1v) is 18.7. The summed E-state index contributed by atoms with van der Waals surface area (Å²) in [6.45, 7) is 12.9. The number of nitrogens with two attached hydrogens (primary N) is 3. The molecule has 0 unspecified atom stereocenters. The molecule has 0 aliphatic heterocycles. The van der Waals surface area contributed by atoms with Gasteiger partial charge < -0.3 is 57.2 Å². The van der Waals surface area contributed by atoms with Crippen molar-refractivity contribution in [3.63, 3.8) is 0 Å². The number of carbonyl (C=O) groups is 4. The minimum absolute atomic E-state index is 0.230. The van der Waals surface area contributed by atoms with E-state index in [2.05, 4.69) is 31.3 Å². The Morgan fingerprint density at radius 2 is 1.62 bits per heavy atom. The fourth-order valence-electron chi connectivity index (χ4n) is 5.51. The van der Waals surface area contributed by atoms with Gasteiger partial charge >= 0.3 is 6.09 Å². The van der Waals surface area contributed by atoms with Crippen molar-refractivity contribution >= 4 is 52.6 Å². The van der Waals surface area contributed by atoms with Gasteiger partial charge in [-0.05, 0) is 77.9 Å². The highest BCUT2D eigenvalue weighted by Crippen LogP contribution is 2.33. The Balaban J connectivity index is 0.000000781. The van der Waals surface area contributed by atoms with E-state index in [-0.39, 0.29) is 12.2 Å². The zero-order valence-corrected chi connectivity index (χ0v) is 34.3. The second-order valence-electron chi connectivity index (χ2n) is 13.8. The van der Waals surface area contributed by atoms with Gasteiger partial charge in [0.2, 0.25) is 17.8 Å². The van der Waals surface area contributed by atoms with Gasteiger partial charge in [-0.1, -0.05) is 24.3 Å². The standard InChI is InChI=1S/C33H47N9O6.C7H10N2O/c1-33(2,3)48-32(45)40-14-10-12-38-11-7-9-16-47-25-19-21(29(35)43)17-23(34)27(25)39-13-6-8-15-42-28-24(41-31(42)37-4)18-22(30(36)44)20-26(28)46-5;1-3-9-7(5-10)4-6(2)8-9/h6-9,17-20,38-39H,10-16,34H2,1-5H3,(H2,35,43)(H2,36,44)(H,37,41)(H,40,45);4-5H,3H2,1-2H3/b8-6+,9-7+;. The number of hydrogen-bond donors (Lipinski definition) is 7. The number of amides is 3. The molecule has 18 nitrogen and oxygen atoms in total. The van der Waals surface area contributed by atoms with E-state index in [1.54, 1.807) is 36.0 Å². The van der Waals surface area contributed by atoms with Crippen LogP contribution < -0.4 is 47.9 Å². The number of methoxy groups -OCH3 is 1. The lowest BCUT2D eigenvalue weighted by molar-refractivity contribution is 0.0527. The fraction of sp³-hybridized carbons (Fsp3) is 0.400. The second-order valence-corrected chi connectivity index (χ2v) is 13.8. The van der Waals surface area contributed by atoms with Crippen LogP contribution in [0.2, 0.25) is 0 Å². The molecule has 0 saturated carbocycles. The largest absolute Gasteiger partial charge is 0.494 e. The third-order valence-corrected chi connectivity index (χ3v) is 8.12. The number of nitrogens with one attached hydrogen (secondary N) is 4. The van der Waals surface area contributed by atoms with Gasteiger partial charge in [-0.25, -0.2) is 9.78 Å². The molecular formula is C40H57N11O7. The Kier molecular flexibility index (Phi) is 17.6. The van der Waals surface area contributed by atoms with Gasteiger partial charge in [-0.2, -0.15) is 5.10 Å². The third kappa shape index (κ3) is 13.9. The lowest BCUT2D eigenvalue weighted by Gasteiger charge is -2.19. The first kappa shape index (κ1) is 45.8. The molecule has 4 rings (SSSR count). The number of imidazole rings is 1. The van der Waals surface area contributed by atoms with E-state index in [1.807, 2.05) is 63.5 Å². The van der Waals surface area contributed by atoms with Crippen LogP contribution in [0.1, 0.15) is 71.0 Å². The Hall–Kier alpha value is -6.56. The van der Waals surface area contributed by atoms with Crippen LogP contribution in [-0.2, 0) is 17.8 Å². The highest BCUT2D eigenvalue weighted by molar-refractivity contribution is 5.99. The van der Waals surface area contributed by atoms with Crippen molar-refractivity contribution < 1.29 is 33.4 Å². The minimum Gasteiger partial charge on any atom is -0.494 e. The number of primary amides is 2. The van der Waals surface area contributed by atoms with Crippen LogP contribution in [0.5, 0.6) is 11.5 Å². The quantitative estimate of drug-likeness (QED) is 0.0289. The van der Waals surface area contributed by atoms with Crippen molar-refractivity contribution in [2.45, 2.75) is 59.7 Å². The lowest BCUT2D eigenvalue weighted by atomic mass is 10.1. The average molecular weight is 804 g/mol. The van der Waals surface area contributed by atoms with Gasteiger partial charge in [0.15, 0.2) is 6.29 Å². The first-order chi connectivity index (χ1) is 27.6. The van der Waals surface area contributed by atoms with Crippen molar-refractivity contribution in [1.29, 1.82) is 0 Å². The molecule has 0 atom stereocenters. The SMILES string of the molecule is CCn1nc(C)cc1C=O.CNc1nc2cc(C(N)=O)cc(OC)c2n1C/C=C/CNc1c(N)cc(C(N)=O)cc1OC/C=C/CNCCCNC(=O)OC(C)(C)C. The molecule has 0 spiro atoms. The number of aromatic nitrogens is 4. The van der Waals surface area contributed by atoms with Crippen LogP contribution in [0.15, 0.2) is 54.6 Å². The van der Waals surface area contributed by atoms with E-state index in [1.165, 1.54) is 13.2 Å². The number of nitrogen functional groups attached to an aromatic ring is 1. The normalized spacial score (nSPS) is 11.3. The topological polar surface area (TPSA) is 258 Å². The summed E-state index contributed by atoms with van der Waals surface area (Å²) < 4.78 is 20.3. The molecule has 18 heteroatoms. The number of anilines is 3. The number of nitrogens with zero attached hydrogens (tertiary/aromatic N) is 4. The van der Waals surface area contributed by atoms with Gasteiger partial charge in [-0.3, -0.25) is 19.1 Å². The zero-order chi connectivity index (χ0) is 42.8. The molecular weight excluding hydrogens is 747 g/mol. The number of hydrogen-bond acceptors (Lipinski definition) is 13. The minimum atomic E-state index is -0.620. The van der Waals surface area contributed by atoms with Gasteiger partial charge in [0.1, 0.15) is 40.6 Å². The van der Waals surface area contributed by atoms with Gasteiger partial charge in [0.25, 0.3) is 0 Å². The summed E-state index contributed by atoms with van der Waals surface area (Å²) in [5.74, 6) is 0.256. The number of rotatable bonds is 20. The Labute approximate surface area is 338 Å². The molecule has 0 aliphatic rings. The molecule has 0 radical (unpaired) electrons. The summed E-state index contributed by atoms with van der Waals surface area (Å²) in [5, 5.41) is 16.4. The predicted octanol–water partition coefficient (Wildman–Crippen LogP) is 4.00. The van der Waals surface area contributed by atoms with Crippen LogP contribution in [0.25, 0.3) is 11.0 Å². The molecule has 314 valence electrons. The monoisotopic (exact) mass is 803 g/mol. The zero-order valence-electron chi connectivity index (χ0n) is 34.3. The van der Waals surface area contributed by atoms with Crippen LogP contribution >= 0.6 is 0 Å². The van der Waals surface area contributed by atoms with Gasteiger partial charge in [0, 0.05) is 50.9 Å². The molecule has 10 N–H and O–H groups in total. The van der Waals surface area contributed by atoms with Crippen molar-refractivity contribution in [2.24, 2.45) is 11.5 Å². The number of alkyl carbamates (subject to hydrolysis) is 1. The van der Waals surface area contributed by atoms with Crippen LogP contribution in [-0.4, -0.2) is 96.1 Å². The maximum atomic E-state index is 11.9. The molecule has 0 aliphatic carbocycles. The Morgan fingerprint density at radius 3 is 2.24 bits per heavy atom. The number of fused-ring (bicyclic) bond motifs is 1. The molecule has 3 amide bonds. The van der Waals surface area contributed by atoms with E-state index in [4.69, 9.17) is 31.4 Å². The Morgan fingerprint density at radius 1 is 0.931 bits per heavy atom. The van der Waals surface area contributed by atoms with E-state index in [0.717, 1.165) is 24.9 Å². The number of carbonyl (C=O) groups excluding carboxylic acids is 4. The van der Waals surface area contributed by atoms with Crippen molar-refractivity contribution in [1.82, 2.24) is 30.0 Å². The number of aldehydes is 1. The molecule has 2 aromatic carbocycles. The molecule has 0 saturated heterocycles. The Bertz CT molecular complexity index is 2080. The van der Waals surface area contributed by atoms with Crippen LogP contribution in [0, 0.1) is 6.92 Å². The molecule has 2 aromatic heterocycles. The van der Waals surface area contributed by atoms with Crippen molar-refractivity contribution in [3.05, 3.63) is 77.2 Å². The number of ether oxygens (including phenoxy) is 3. The summed E-state index contributed by atoms with van der Waals surface area (Å²) in [6.07, 6.45) is 8.75. The van der Waals surface area contributed by atoms with E-state index < -0.39 is 23.5 Å². The van der Waals surface area contributed by atoms with Crippen molar-refractivity contribution in [3.8, 4) is 11.5 Å². The molecule has 4 aromatic rings. The molecule has 58 heavy (non-hydrogen) atoms. The maximum absolute atomic E-state index is 11.9. The van der Waals surface area contributed by atoms with Crippen molar-refractivity contribution in [2.75, 3.05) is 63.3 Å². The lowest BCUT2D eigenvalue weighted by Crippen LogP contribution is -2.33. The van der Waals surface area contributed by atoms with Gasteiger partial charge in [0.05, 0.1) is 24.0 Å². The summed E-state index contributed by atoms with van der Waals surface area (Å²) >= 11 is 0. The highest BCUT2D eigenvalue weighted by atomic mass is 16.6. The number of benzene rings is 2. The van der Waals surface area contributed by atoms with E-state index in [0.29, 0.717) is 83.8 Å². The van der Waals surface area contributed by atoms with Crippen LogP contribution in [0.3, 0.4) is 0 Å². The molecule has 2 heterocycles. The summed E-state index contributed by atoms with van der Waals surface area (Å²) in [5.41, 5.74) is 20.9. The summed E-state index contributed by atoms with van der Waals surface area (Å²) in [7, 11) is 3.28. The molecule has 0 fully saturated rings. The van der Waals surface area contributed by atoms with E-state index >= 15 is 0 Å². The number of aryl methyl sites for hydroxylation is 2. The number of allylic oxidation sites excluding steroid dienone is 1. The predicted molar refractivity (Wildman–Crippen MR) is 226 cm³/mol. The molecule has 0 bridgehead atoms. The third-order valence-electron chi connectivity index (χ3n) is 8.12. The summed E-state index contributed by atoms with van der Waals surface area (Å²) in [6, 6.07) is 8.05. The average Bonchev–Trinajstić information content (AvgIpc) is 3.73. The summed E-state index contributed by atoms with van der Waals surface area (Å²) in [4.78, 5) is 50.2. The van der Waals surface area contributed by atoms with Gasteiger partial charge in [-0.15, -0.1) is 0 Å². The maximum Gasteiger partial charge on any atom is 0.407 e. The first-order valence-electron chi connectivity index (χ1n) is 18.7. The highest BCUT2D eigenvalue weighted by Gasteiger charge is 2.18. The smallest absolute Gasteiger partial charge is 0.407 e. The fourth-order valence-corrected chi connectivity index (χ4v) is 5.51. The van der Waals surface area contributed by atoms with Crippen LogP contribution in [0.4, 0.5) is 22.1 Å². The van der Waals surface area contributed by atoms with E-state index in [9.17, 15) is 19.2 Å².